The van der Waals surface area contributed by atoms with Crippen LogP contribution in [-0.4, -0.2) is 38.4 Å². The molecule has 1 aliphatic rings. The van der Waals surface area contributed by atoms with Gasteiger partial charge in [-0.1, -0.05) is 43.2 Å². The number of nitrogens with zero attached hydrogens (tertiary/aromatic N) is 3. The van der Waals surface area contributed by atoms with E-state index in [1.165, 1.54) is 16.9 Å². The molecule has 2 heterocycles. The molecule has 0 atom stereocenters. The summed E-state index contributed by atoms with van der Waals surface area (Å²) in [6.45, 7) is 0.489. The zero-order valence-electron chi connectivity index (χ0n) is 20.4. The molecule has 0 radical (unpaired) electrons. The zero-order valence-corrected chi connectivity index (χ0v) is 20.4. The summed E-state index contributed by atoms with van der Waals surface area (Å²) in [5.41, 5.74) is 3.85. The van der Waals surface area contributed by atoms with Gasteiger partial charge in [0.15, 0.2) is 0 Å². The van der Waals surface area contributed by atoms with Crippen LogP contribution >= 0.6 is 0 Å². The van der Waals surface area contributed by atoms with Crippen molar-refractivity contribution < 1.29 is 14.7 Å². The smallest absolute Gasteiger partial charge is 0.342 e. The summed E-state index contributed by atoms with van der Waals surface area (Å²) in [6, 6.07) is 19.8. The Morgan fingerprint density at radius 3 is 2.57 bits per heavy atom. The molecule has 1 saturated carbocycles. The molecule has 0 aliphatic heterocycles. The van der Waals surface area contributed by atoms with Gasteiger partial charge in [-0.3, -0.25) is 9.78 Å². The number of hydrogen-bond donors (Lipinski definition) is 3. The standard InChI is InChI=1S/C29H29N5O3/c35-27-13-12-23(32-28(36)22-11-6-15-30-19-22)17-24(27)25-18-26(21-9-4-5-10-21)34(33-25)29(37)31-16-14-20-7-2-1-3-8-20/h1-3,6-8,11-13,15,17-19,21,35H,4-5,9-10,14,16H2,(H,31,37)(H,32,36). The highest BCUT2D eigenvalue weighted by Gasteiger charge is 2.26. The first-order valence-electron chi connectivity index (χ1n) is 12.6. The third-order valence-electron chi connectivity index (χ3n) is 6.69. The molecule has 0 spiro atoms. The van der Waals surface area contributed by atoms with Gasteiger partial charge in [-0.05, 0) is 61.2 Å². The second-order valence-electron chi connectivity index (χ2n) is 9.24. The van der Waals surface area contributed by atoms with Crippen molar-refractivity contribution in [3.8, 4) is 17.0 Å². The minimum atomic E-state index is -0.306. The number of benzene rings is 2. The summed E-state index contributed by atoms with van der Waals surface area (Å²) in [7, 11) is 0. The van der Waals surface area contributed by atoms with Gasteiger partial charge in [-0.15, -0.1) is 0 Å². The van der Waals surface area contributed by atoms with Crippen molar-refractivity contribution in [2.24, 2.45) is 0 Å². The lowest BCUT2D eigenvalue weighted by molar-refractivity contribution is 0.102. The highest BCUT2D eigenvalue weighted by molar-refractivity contribution is 6.04. The summed E-state index contributed by atoms with van der Waals surface area (Å²) < 4.78 is 1.44. The summed E-state index contributed by atoms with van der Waals surface area (Å²) in [5.74, 6) is -0.0528. The molecule has 2 aromatic heterocycles. The Labute approximate surface area is 215 Å². The Bertz CT molecular complexity index is 1380. The predicted octanol–water partition coefficient (Wildman–Crippen LogP) is 5.36. The predicted molar refractivity (Wildman–Crippen MR) is 142 cm³/mol. The van der Waals surface area contributed by atoms with Crippen LogP contribution < -0.4 is 10.6 Å². The van der Waals surface area contributed by atoms with E-state index in [0.29, 0.717) is 29.1 Å². The van der Waals surface area contributed by atoms with Gasteiger partial charge in [0.2, 0.25) is 0 Å². The molecule has 3 N–H and O–H groups in total. The van der Waals surface area contributed by atoms with Gasteiger partial charge in [0, 0.05) is 36.1 Å². The van der Waals surface area contributed by atoms with Gasteiger partial charge in [0.1, 0.15) is 5.75 Å². The van der Waals surface area contributed by atoms with E-state index in [4.69, 9.17) is 0 Å². The average Bonchev–Trinajstić information content (AvgIpc) is 3.61. The maximum atomic E-state index is 13.2. The van der Waals surface area contributed by atoms with Crippen molar-refractivity contribution in [1.29, 1.82) is 0 Å². The second kappa shape index (κ2) is 11.1. The fourth-order valence-electron chi connectivity index (χ4n) is 4.75. The second-order valence-corrected chi connectivity index (χ2v) is 9.24. The highest BCUT2D eigenvalue weighted by Crippen LogP contribution is 2.38. The van der Waals surface area contributed by atoms with Crippen LogP contribution in [0.3, 0.4) is 0 Å². The fraction of sp³-hybridized carbons (Fsp3) is 0.241. The number of phenols is 1. The topological polar surface area (TPSA) is 109 Å². The van der Waals surface area contributed by atoms with Gasteiger partial charge < -0.3 is 15.7 Å². The van der Waals surface area contributed by atoms with E-state index in [1.807, 2.05) is 36.4 Å². The molecule has 2 amide bonds. The summed E-state index contributed by atoms with van der Waals surface area (Å²) in [6.07, 6.45) is 8.03. The molecule has 0 unspecified atom stereocenters. The van der Waals surface area contributed by atoms with Gasteiger partial charge in [0.25, 0.3) is 5.91 Å². The van der Waals surface area contributed by atoms with Crippen molar-refractivity contribution in [3.05, 3.63) is 95.9 Å². The molecule has 1 fully saturated rings. The first-order valence-corrected chi connectivity index (χ1v) is 12.6. The SMILES string of the molecule is O=C(Nc1ccc(O)c(-c2cc(C3CCCC3)n(C(=O)NCCc3ccccc3)n2)c1)c1cccnc1. The summed E-state index contributed by atoms with van der Waals surface area (Å²) >= 11 is 0. The van der Waals surface area contributed by atoms with Crippen LogP contribution in [0.1, 0.15) is 53.2 Å². The number of hydrogen-bond acceptors (Lipinski definition) is 5. The van der Waals surface area contributed by atoms with Crippen LogP contribution in [0.4, 0.5) is 10.5 Å². The Morgan fingerprint density at radius 1 is 1.00 bits per heavy atom. The van der Waals surface area contributed by atoms with Crippen molar-refractivity contribution in [2.75, 3.05) is 11.9 Å². The number of phenolic OH excluding ortho intramolecular Hbond substituents is 1. The largest absolute Gasteiger partial charge is 0.507 e. The molecule has 1 aliphatic carbocycles. The summed E-state index contributed by atoms with van der Waals surface area (Å²) in [5, 5.41) is 21.1. The van der Waals surface area contributed by atoms with E-state index in [9.17, 15) is 14.7 Å². The Hall–Kier alpha value is -4.46. The minimum absolute atomic E-state index is 0.0199. The van der Waals surface area contributed by atoms with Crippen molar-refractivity contribution in [3.63, 3.8) is 0 Å². The van der Waals surface area contributed by atoms with Crippen molar-refractivity contribution in [2.45, 2.75) is 38.0 Å². The number of pyridine rings is 1. The maximum Gasteiger partial charge on any atom is 0.342 e. The van der Waals surface area contributed by atoms with Crippen LogP contribution in [0, 0.1) is 0 Å². The number of rotatable bonds is 7. The molecular weight excluding hydrogens is 466 g/mol. The number of anilines is 1. The number of aromatic nitrogens is 3. The van der Waals surface area contributed by atoms with Crippen LogP contribution in [0.5, 0.6) is 5.75 Å². The first-order chi connectivity index (χ1) is 18.1. The first kappa shape index (κ1) is 24.2. The monoisotopic (exact) mass is 495 g/mol. The van der Waals surface area contributed by atoms with Gasteiger partial charge >= 0.3 is 6.03 Å². The molecule has 4 aromatic rings. The van der Waals surface area contributed by atoms with E-state index in [0.717, 1.165) is 43.4 Å². The van der Waals surface area contributed by atoms with Crippen molar-refractivity contribution >= 4 is 17.6 Å². The molecule has 0 saturated heterocycles. The van der Waals surface area contributed by atoms with Crippen LogP contribution in [0.2, 0.25) is 0 Å². The normalized spacial score (nSPS) is 13.4. The lowest BCUT2D eigenvalue weighted by Crippen LogP contribution is -2.32. The van der Waals surface area contributed by atoms with Gasteiger partial charge in [-0.2, -0.15) is 9.78 Å². The minimum Gasteiger partial charge on any atom is -0.507 e. The van der Waals surface area contributed by atoms with E-state index < -0.39 is 0 Å². The van der Waals surface area contributed by atoms with Crippen molar-refractivity contribution in [1.82, 2.24) is 20.1 Å². The number of nitrogens with one attached hydrogen (secondary N) is 2. The van der Waals surface area contributed by atoms with E-state index in [-0.39, 0.29) is 23.6 Å². The van der Waals surface area contributed by atoms with Gasteiger partial charge in [0.05, 0.1) is 17.0 Å². The van der Waals surface area contributed by atoms with E-state index in [1.54, 1.807) is 30.5 Å². The van der Waals surface area contributed by atoms with E-state index in [2.05, 4.69) is 20.7 Å². The Kier molecular flexibility index (Phi) is 7.26. The molecule has 8 nitrogen and oxygen atoms in total. The summed E-state index contributed by atoms with van der Waals surface area (Å²) in [4.78, 5) is 29.7. The third kappa shape index (κ3) is 5.69. The number of carbonyl (C=O) groups is 2. The van der Waals surface area contributed by atoms with E-state index >= 15 is 0 Å². The molecule has 8 heteroatoms. The molecule has 37 heavy (non-hydrogen) atoms. The Morgan fingerprint density at radius 2 is 1.81 bits per heavy atom. The third-order valence-corrected chi connectivity index (χ3v) is 6.69. The number of carbonyl (C=O) groups excluding carboxylic acids is 2. The lowest BCUT2D eigenvalue weighted by atomic mass is 10.0. The van der Waals surface area contributed by atoms with Crippen LogP contribution in [-0.2, 0) is 6.42 Å². The highest BCUT2D eigenvalue weighted by atomic mass is 16.3. The zero-order chi connectivity index (χ0) is 25.6. The number of aromatic hydroxyl groups is 1. The number of amides is 2. The molecule has 0 bridgehead atoms. The lowest BCUT2D eigenvalue weighted by Gasteiger charge is -2.12. The fourth-order valence-corrected chi connectivity index (χ4v) is 4.75. The molecule has 2 aromatic carbocycles. The maximum absolute atomic E-state index is 13.2. The average molecular weight is 496 g/mol. The quantitative estimate of drug-likeness (QED) is 0.299. The molecular formula is C29H29N5O3. The van der Waals surface area contributed by atoms with Crippen LogP contribution in [0.15, 0.2) is 79.1 Å². The Balaban J connectivity index is 1.38. The molecule has 5 rings (SSSR count). The molecule has 188 valence electrons. The van der Waals surface area contributed by atoms with Crippen LogP contribution in [0.25, 0.3) is 11.3 Å². The van der Waals surface area contributed by atoms with Gasteiger partial charge in [-0.25, -0.2) is 4.79 Å².